The van der Waals surface area contributed by atoms with Gasteiger partial charge in [-0.2, -0.15) is 0 Å². The average molecular weight is 468 g/mol. The van der Waals surface area contributed by atoms with Crippen LogP contribution in [0.2, 0.25) is 0 Å². The van der Waals surface area contributed by atoms with Gasteiger partial charge in [0, 0.05) is 36.1 Å². The smallest absolute Gasteiger partial charge is 0.166 e. The lowest BCUT2D eigenvalue weighted by Gasteiger charge is -2.28. The quantitative estimate of drug-likeness (QED) is 0.324. The third-order valence-electron chi connectivity index (χ3n) is 6.64. The maximum absolute atomic E-state index is 14.2. The summed E-state index contributed by atoms with van der Waals surface area (Å²) in [5, 5.41) is 0. The predicted octanol–water partition coefficient (Wildman–Crippen LogP) is 7.27. The third kappa shape index (κ3) is 5.14. The van der Waals surface area contributed by atoms with Crippen molar-refractivity contribution in [2.75, 3.05) is 23.7 Å². The number of nitrogen functional groups attached to an aromatic ring is 1. The van der Waals surface area contributed by atoms with Crippen LogP contribution in [0.1, 0.15) is 37.9 Å². The Hall–Kier alpha value is -3.86. The predicted molar refractivity (Wildman–Crippen MR) is 141 cm³/mol. The lowest BCUT2D eigenvalue weighted by Crippen LogP contribution is -2.29. The van der Waals surface area contributed by atoms with Gasteiger partial charge in [0.2, 0.25) is 0 Å². The van der Waals surface area contributed by atoms with Gasteiger partial charge >= 0.3 is 0 Å². The molecule has 0 radical (unpaired) electrons. The molecule has 0 spiro atoms. The van der Waals surface area contributed by atoms with Crippen molar-refractivity contribution in [2.45, 2.75) is 32.3 Å². The molecule has 35 heavy (non-hydrogen) atoms. The van der Waals surface area contributed by atoms with Gasteiger partial charge in [0.15, 0.2) is 11.6 Å². The van der Waals surface area contributed by atoms with E-state index in [0.29, 0.717) is 11.6 Å². The molecule has 1 aliphatic heterocycles. The zero-order valence-corrected chi connectivity index (χ0v) is 20.0. The Labute approximate surface area is 206 Å². The minimum Gasteiger partial charge on any atom is -0.482 e. The van der Waals surface area contributed by atoms with Crippen molar-refractivity contribution in [3.63, 3.8) is 0 Å². The number of piperidine rings is 1. The number of nitrogens with zero attached hydrogens (tertiary/aromatic N) is 2. The number of rotatable bonds is 6. The molecule has 2 N–H and O–H groups in total. The van der Waals surface area contributed by atoms with E-state index in [-0.39, 0.29) is 5.82 Å². The van der Waals surface area contributed by atoms with Gasteiger partial charge in [-0.25, -0.2) is 9.37 Å². The molecule has 2 heterocycles. The summed E-state index contributed by atoms with van der Waals surface area (Å²) in [5.41, 5.74) is 12.1. The lowest BCUT2D eigenvalue weighted by molar-refractivity contribution is 0.228. The SMILES string of the molecule is C[C@@H](Oc1cc(-c2ccc(N3CCCCC3)cc2)cnc1N)c1cc(F)ccc1-c1ccccc1. The van der Waals surface area contributed by atoms with Crippen LogP contribution in [0.4, 0.5) is 15.9 Å². The van der Waals surface area contributed by atoms with Gasteiger partial charge < -0.3 is 15.4 Å². The highest BCUT2D eigenvalue weighted by atomic mass is 19.1. The topological polar surface area (TPSA) is 51.4 Å². The van der Waals surface area contributed by atoms with Gasteiger partial charge in [0.1, 0.15) is 11.9 Å². The molecule has 178 valence electrons. The maximum Gasteiger partial charge on any atom is 0.166 e. The summed E-state index contributed by atoms with van der Waals surface area (Å²) in [6.07, 6.45) is 5.15. The number of hydrogen-bond acceptors (Lipinski definition) is 4. The summed E-state index contributed by atoms with van der Waals surface area (Å²) in [7, 11) is 0. The Kier molecular flexibility index (Phi) is 6.66. The number of aromatic nitrogens is 1. The number of nitrogens with two attached hydrogens (primary N) is 1. The second-order valence-corrected chi connectivity index (χ2v) is 9.06. The second-order valence-electron chi connectivity index (χ2n) is 9.06. The molecule has 1 atom stereocenters. The molecule has 0 unspecified atom stereocenters. The Morgan fingerprint density at radius 3 is 2.34 bits per heavy atom. The Morgan fingerprint density at radius 2 is 1.60 bits per heavy atom. The van der Waals surface area contributed by atoms with E-state index in [1.54, 1.807) is 12.3 Å². The van der Waals surface area contributed by atoms with Crippen LogP contribution < -0.4 is 15.4 Å². The average Bonchev–Trinajstić information content (AvgIpc) is 2.91. The van der Waals surface area contributed by atoms with Crippen molar-refractivity contribution in [2.24, 2.45) is 0 Å². The summed E-state index contributed by atoms with van der Waals surface area (Å²) in [4.78, 5) is 6.82. The molecule has 1 aromatic heterocycles. The standard InChI is InChI=1S/C30H30FN3O/c1-21(28-19-25(31)12-15-27(28)23-8-4-2-5-9-23)35-29-18-24(20-33-30(29)32)22-10-13-26(14-11-22)34-16-6-3-7-17-34/h2,4-5,8-15,18-21H,3,6-7,16-17H2,1H3,(H2,32,33)/t21-/m1/s1. The van der Waals surface area contributed by atoms with Crippen LogP contribution in [0.25, 0.3) is 22.3 Å². The molecule has 0 bridgehead atoms. The van der Waals surface area contributed by atoms with E-state index >= 15 is 0 Å². The van der Waals surface area contributed by atoms with E-state index in [1.165, 1.54) is 37.1 Å². The first-order valence-corrected chi connectivity index (χ1v) is 12.2. The highest BCUT2D eigenvalue weighted by molar-refractivity contribution is 5.70. The van der Waals surface area contributed by atoms with E-state index in [4.69, 9.17) is 10.5 Å². The molecule has 0 amide bonds. The fourth-order valence-corrected chi connectivity index (χ4v) is 4.73. The zero-order valence-electron chi connectivity index (χ0n) is 20.0. The van der Waals surface area contributed by atoms with Gasteiger partial charge in [-0.15, -0.1) is 0 Å². The normalized spacial score (nSPS) is 14.5. The molecular weight excluding hydrogens is 437 g/mol. The van der Waals surface area contributed by atoms with E-state index in [0.717, 1.165) is 40.9 Å². The number of halogens is 1. The summed E-state index contributed by atoms with van der Waals surface area (Å²) in [6, 6.07) is 25.2. The molecule has 1 saturated heterocycles. The van der Waals surface area contributed by atoms with Crippen LogP contribution in [0, 0.1) is 5.82 Å². The van der Waals surface area contributed by atoms with Gasteiger partial charge in [0.25, 0.3) is 0 Å². The van der Waals surface area contributed by atoms with Gasteiger partial charge in [-0.1, -0.05) is 48.5 Å². The van der Waals surface area contributed by atoms with E-state index in [1.807, 2.05) is 43.3 Å². The summed E-state index contributed by atoms with van der Waals surface area (Å²) in [6.45, 7) is 4.13. The first-order chi connectivity index (χ1) is 17.1. The van der Waals surface area contributed by atoms with Crippen molar-refractivity contribution < 1.29 is 9.13 Å². The van der Waals surface area contributed by atoms with E-state index in [9.17, 15) is 4.39 Å². The number of ether oxygens (including phenoxy) is 1. The van der Waals surface area contributed by atoms with Crippen molar-refractivity contribution in [1.82, 2.24) is 4.98 Å². The largest absolute Gasteiger partial charge is 0.482 e. The van der Waals surface area contributed by atoms with Crippen molar-refractivity contribution in [1.29, 1.82) is 0 Å². The van der Waals surface area contributed by atoms with Gasteiger partial charge in [-0.05, 0) is 73.2 Å². The summed E-state index contributed by atoms with van der Waals surface area (Å²) >= 11 is 0. The molecule has 5 rings (SSSR count). The van der Waals surface area contributed by atoms with Crippen LogP contribution >= 0.6 is 0 Å². The first-order valence-electron chi connectivity index (χ1n) is 12.2. The van der Waals surface area contributed by atoms with Crippen molar-refractivity contribution in [3.05, 3.63) is 96.4 Å². The molecule has 1 fully saturated rings. The molecule has 4 nitrogen and oxygen atoms in total. The highest BCUT2D eigenvalue weighted by Gasteiger charge is 2.17. The van der Waals surface area contributed by atoms with Crippen LogP contribution in [0.15, 0.2) is 85.1 Å². The number of hydrogen-bond donors (Lipinski definition) is 1. The fraction of sp³-hybridized carbons (Fsp3) is 0.233. The monoisotopic (exact) mass is 467 g/mol. The Morgan fingerprint density at radius 1 is 0.857 bits per heavy atom. The highest BCUT2D eigenvalue weighted by Crippen LogP contribution is 2.35. The van der Waals surface area contributed by atoms with Crippen LogP contribution in [-0.2, 0) is 0 Å². The molecule has 3 aromatic carbocycles. The minimum atomic E-state index is -0.429. The molecule has 4 aromatic rings. The summed E-state index contributed by atoms with van der Waals surface area (Å²) in [5.74, 6) is 0.491. The fourth-order valence-electron chi connectivity index (χ4n) is 4.73. The number of benzene rings is 3. The van der Waals surface area contributed by atoms with E-state index < -0.39 is 6.10 Å². The third-order valence-corrected chi connectivity index (χ3v) is 6.64. The Bertz CT molecular complexity index is 1290. The molecule has 0 aliphatic carbocycles. The number of pyridine rings is 1. The molecular formula is C30H30FN3O. The van der Waals surface area contributed by atoms with Crippen molar-refractivity contribution in [3.8, 4) is 28.0 Å². The zero-order chi connectivity index (χ0) is 24.2. The number of anilines is 2. The molecule has 1 aliphatic rings. The Balaban J connectivity index is 1.40. The van der Waals surface area contributed by atoms with Crippen LogP contribution in [0.5, 0.6) is 5.75 Å². The maximum atomic E-state index is 14.2. The lowest BCUT2D eigenvalue weighted by atomic mass is 9.96. The van der Waals surface area contributed by atoms with E-state index in [2.05, 4.69) is 34.1 Å². The second kappa shape index (κ2) is 10.2. The first kappa shape index (κ1) is 22.9. The molecule has 0 saturated carbocycles. The van der Waals surface area contributed by atoms with Gasteiger partial charge in [0.05, 0.1) is 0 Å². The van der Waals surface area contributed by atoms with Crippen LogP contribution in [-0.4, -0.2) is 18.1 Å². The van der Waals surface area contributed by atoms with Gasteiger partial charge in [-0.3, -0.25) is 0 Å². The summed E-state index contributed by atoms with van der Waals surface area (Å²) < 4.78 is 20.5. The molecule has 5 heteroatoms. The van der Waals surface area contributed by atoms with Crippen molar-refractivity contribution >= 4 is 11.5 Å². The minimum absolute atomic E-state index is 0.302. The van der Waals surface area contributed by atoms with Crippen LogP contribution in [0.3, 0.4) is 0 Å².